The van der Waals surface area contributed by atoms with Gasteiger partial charge in [-0.2, -0.15) is 0 Å². The summed E-state index contributed by atoms with van der Waals surface area (Å²) in [6.45, 7) is 3.61. The van der Waals surface area contributed by atoms with Crippen LogP contribution in [-0.2, 0) is 0 Å². The molecule has 2 heterocycles. The van der Waals surface area contributed by atoms with Crippen molar-refractivity contribution in [1.82, 2.24) is 9.97 Å². The van der Waals surface area contributed by atoms with Gasteiger partial charge >= 0.3 is 0 Å². The SMILES string of the molecule is Cc1c(Nc2ncc[nH]2)ccc2c1=NCCN=2. The van der Waals surface area contributed by atoms with Gasteiger partial charge in [0.25, 0.3) is 0 Å². The van der Waals surface area contributed by atoms with Crippen molar-refractivity contribution >= 4 is 11.6 Å². The molecule has 0 unspecified atom stereocenters. The standard InChI is InChI=1S/C12H13N5/c1-8-9(17-12-15-6-7-16-12)2-3-10-11(8)14-5-4-13-10/h2-3,6-7H,4-5H2,1H3,(H2,15,16,17). The Bertz CT molecular complexity index is 642. The number of imidazole rings is 1. The van der Waals surface area contributed by atoms with E-state index >= 15 is 0 Å². The number of hydrogen-bond acceptors (Lipinski definition) is 4. The quantitative estimate of drug-likeness (QED) is 0.793. The predicted octanol–water partition coefficient (Wildman–Crippen LogP) is 0.715. The van der Waals surface area contributed by atoms with Crippen LogP contribution in [0.4, 0.5) is 11.6 Å². The lowest BCUT2D eigenvalue weighted by Crippen LogP contribution is -2.32. The molecule has 0 aliphatic carbocycles. The number of benzene rings is 1. The maximum atomic E-state index is 4.52. The normalized spacial score (nSPS) is 13.5. The van der Waals surface area contributed by atoms with Crippen LogP contribution in [0.25, 0.3) is 0 Å². The van der Waals surface area contributed by atoms with E-state index < -0.39 is 0 Å². The first kappa shape index (κ1) is 10.0. The summed E-state index contributed by atoms with van der Waals surface area (Å²) in [5, 5.41) is 5.21. The van der Waals surface area contributed by atoms with Gasteiger partial charge in [-0.3, -0.25) is 9.98 Å². The Kier molecular flexibility index (Phi) is 2.36. The molecule has 0 saturated heterocycles. The number of fused-ring (bicyclic) bond motifs is 1. The van der Waals surface area contributed by atoms with Crippen molar-refractivity contribution in [3.63, 3.8) is 0 Å². The highest BCUT2D eigenvalue weighted by Gasteiger charge is 2.05. The van der Waals surface area contributed by atoms with Crippen LogP contribution in [0, 0.1) is 6.92 Å². The first-order valence-electron chi connectivity index (χ1n) is 5.59. The fraction of sp³-hybridized carbons (Fsp3) is 0.250. The molecule has 1 aromatic heterocycles. The molecule has 3 rings (SSSR count). The third-order valence-electron chi connectivity index (χ3n) is 2.81. The Hall–Kier alpha value is -2.17. The summed E-state index contributed by atoms with van der Waals surface area (Å²) < 4.78 is 0. The lowest BCUT2D eigenvalue weighted by molar-refractivity contribution is 0.858. The Labute approximate surface area is 98.3 Å². The van der Waals surface area contributed by atoms with Crippen molar-refractivity contribution in [2.45, 2.75) is 6.92 Å². The van der Waals surface area contributed by atoms with Crippen molar-refractivity contribution in [2.24, 2.45) is 9.98 Å². The van der Waals surface area contributed by atoms with Gasteiger partial charge in [-0.25, -0.2) is 4.98 Å². The average molecular weight is 227 g/mol. The van der Waals surface area contributed by atoms with E-state index in [9.17, 15) is 0 Å². The second-order valence-corrected chi connectivity index (χ2v) is 3.93. The number of nitrogens with zero attached hydrogens (tertiary/aromatic N) is 3. The first-order chi connectivity index (χ1) is 8.34. The van der Waals surface area contributed by atoms with E-state index in [1.807, 2.05) is 12.1 Å². The summed E-state index contributed by atoms with van der Waals surface area (Å²) in [5.41, 5.74) is 2.13. The zero-order valence-electron chi connectivity index (χ0n) is 9.57. The number of aromatic nitrogens is 2. The summed E-state index contributed by atoms with van der Waals surface area (Å²) in [6, 6.07) is 4.01. The molecule has 86 valence electrons. The highest BCUT2D eigenvalue weighted by molar-refractivity contribution is 5.57. The summed E-state index contributed by atoms with van der Waals surface area (Å²) in [7, 11) is 0. The van der Waals surface area contributed by atoms with E-state index in [4.69, 9.17) is 0 Å². The minimum Gasteiger partial charge on any atom is -0.331 e. The molecule has 0 bridgehead atoms. The van der Waals surface area contributed by atoms with Crippen molar-refractivity contribution in [2.75, 3.05) is 18.4 Å². The van der Waals surface area contributed by atoms with E-state index in [-0.39, 0.29) is 0 Å². The van der Waals surface area contributed by atoms with Crippen LogP contribution in [0.1, 0.15) is 5.56 Å². The van der Waals surface area contributed by atoms with E-state index in [1.165, 1.54) is 0 Å². The van der Waals surface area contributed by atoms with Crippen molar-refractivity contribution in [1.29, 1.82) is 0 Å². The second kappa shape index (κ2) is 4.01. The van der Waals surface area contributed by atoms with Crippen LogP contribution >= 0.6 is 0 Å². The van der Waals surface area contributed by atoms with Gasteiger partial charge in [0, 0.05) is 18.1 Å². The number of H-pyrrole nitrogens is 1. The highest BCUT2D eigenvalue weighted by Crippen LogP contribution is 2.13. The number of nitrogens with one attached hydrogen (secondary N) is 2. The molecule has 0 saturated carbocycles. The second-order valence-electron chi connectivity index (χ2n) is 3.93. The number of hydrogen-bond donors (Lipinski definition) is 2. The lowest BCUT2D eigenvalue weighted by atomic mass is 10.1. The van der Waals surface area contributed by atoms with Gasteiger partial charge in [-0.05, 0) is 24.6 Å². The molecule has 17 heavy (non-hydrogen) atoms. The Morgan fingerprint density at radius 1 is 1.24 bits per heavy atom. The van der Waals surface area contributed by atoms with Gasteiger partial charge < -0.3 is 10.3 Å². The number of aromatic amines is 1. The van der Waals surface area contributed by atoms with Gasteiger partial charge in [0.1, 0.15) is 0 Å². The Morgan fingerprint density at radius 2 is 2.12 bits per heavy atom. The number of rotatable bonds is 2. The highest BCUT2D eigenvalue weighted by atomic mass is 15.1. The third-order valence-corrected chi connectivity index (χ3v) is 2.81. The molecular weight excluding hydrogens is 214 g/mol. The van der Waals surface area contributed by atoms with Gasteiger partial charge in [-0.15, -0.1) is 0 Å². The zero-order valence-corrected chi connectivity index (χ0v) is 9.57. The molecule has 2 aromatic rings. The monoisotopic (exact) mass is 227 g/mol. The van der Waals surface area contributed by atoms with E-state index in [0.717, 1.165) is 41.0 Å². The smallest absolute Gasteiger partial charge is 0.204 e. The number of anilines is 2. The molecule has 1 aliphatic rings. The molecule has 1 aromatic carbocycles. The predicted molar refractivity (Wildman–Crippen MR) is 65.1 cm³/mol. The summed E-state index contributed by atoms with van der Waals surface area (Å²) in [5.74, 6) is 0.737. The van der Waals surface area contributed by atoms with Crippen LogP contribution < -0.4 is 16.0 Å². The zero-order chi connectivity index (χ0) is 11.7. The van der Waals surface area contributed by atoms with Crippen LogP contribution in [-0.4, -0.2) is 23.1 Å². The molecular formula is C12H13N5. The fourth-order valence-corrected chi connectivity index (χ4v) is 1.94. The van der Waals surface area contributed by atoms with Gasteiger partial charge in [0.05, 0.1) is 23.8 Å². The molecule has 2 N–H and O–H groups in total. The van der Waals surface area contributed by atoms with Gasteiger partial charge in [-0.1, -0.05) is 0 Å². The molecule has 0 atom stereocenters. The van der Waals surface area contributed by atoms with E-state index in [2.05, 4.69) is 32.2 Å². The largest absolute Gasteiger partial charge is 0.331 e. The van der Waals surface area contributed by atoms with Gasteiger partial charge in [0.2, 0.25) is 5.95 Å². The van der Waals surface area contributed by atoms with Crippen LogP contribution in [0.2, 0.25) is 0 Å². The molecule has 0 spiro atoms. The van der Waals surface area contributed by atoms with Crippen LogP contribution in [0.3, 0.4) is 0 Å². The maximum absolute atomic E-state index is 4.52. The van der Waals surface area contributed by atoms with Crippen LogP contribution in [0.15, 0.2) is 34.5 Å². The lowest BCUT2D eigenvalue weighted by Gasteiger charge is -2.09. The first-order valence-corrected chi connectivity index (χ1v) is 5.59. The Morgan fingerprint density at radius 3 is 2.94 bits per heavy atom. The fourth-order valence-electron chi connectivity index (χ4n) is 1.94. The molecule has 5 heteroatoms. The summed E-state index contributed by atoms with van der Waals surface area (Å²) >= 11 is 0. The van der Waals surface area contributed by atoms with Crippen LogP contribution in [0.5, 0.6) is 0 Å². The molecule has 1 aliphatic heterocycles. The van der Waals surface area contributed by atoms with Gasteiger partial charge in [0.15, 0.2) is 0 Å². The van der Waals surface area contributed by atoms with Crippen molar-refractivity contribution < 1.29 is 0 Å². The average Bonchev–Trinajstić information content (AvgIpc) is 2.86. The summed E-state index contributed by atoms with van der Waals surface area (Å²) in [4.78, 5) is 16.1. The summed E-state index contributed by atoms with van der Waals surface area (Å²) in [6.07, 6.45) is 3.51. The molecule has 0 amide bonds. The molecule has 0 radical (unpaired) electrons. The third kappa shape index (κ3) is 1.80. The molecule has 5 nitrogen and oxygen atoms in total. The van der Waals surface area contributed by atoms with E-state index in [0.29, 0.717) is 0 Å². The minimum atomic E-state index is 0.737. The molecule has 0 fully saturated rings. The Balaban J connectivity index is 2.08. The topological polar surface area (TPSA) is 65.4 Å². The van der Waals surface area contributed by atoms with E-state index in [1.54, 1.807) is 12.4 Å². The van der Waals surface area contributed by atoms with Crippen molar-refractivity contribution in [3.05, 3.63) is 40.8 Å². The minimum absolute atomic E-state index is 0.737. The van der Waals surface area contributed by atoms with Crippen molar-refractivity contribution in [3.8, 4) is 0 Å². The maximum Gasteiger partial charge on any atom is 0.204 e.